The molecule has 0 aromatic carbocycles. The Balaban J connectivity index is 2.82. The molecule has 0 saturated heterocycles. The Hall–Kier alpha value is -1.58. The molecule has 1 rings (SSSR count). The van der Waals surface area contributed by atoms with Crippen LogP contribution in [0.4, 0.5) is 5.69 Å². The number of nitrogens with one attached hydrogen (secondary N) is 1. The third-order valence-electron chi connectivity index (χ3n) is 3.53. The number of aromatic nitrogens is 1. The Bertz CT molecular complexity index is 416. The Kier molecular flexibility index (Phi) is 7.05. The van der Waals surface area contributed by atoms with Crippen LogP contribution in [0.15, 0.2) is 18.3 Å². The number of anilines is 1. The van der Waals surface area contributed by atoms with Crippen molar-refractivity contribution in [3.05, 3.63) is 24.0 Å². The molecule has 0 radical (unpaired) electrons. The number of carbonyl (C=O) groups is 1. The van der Waals surface area contributed by atoms with Crippen molar-refractivity contribution in [2.75, 3.05) is 18.4 Å². The zero-order valence-electron chi connectivity index (χ0n) is 13.1. The normalized spacial score (nSPS) is 12.0. The van der Waals surface area contributed by atoms with E-state index < -0.39 is 0 Å². The molecule has 0 fully saturated rings. The van der Waals surface area contributed by atoms with Gasteiger partial charge in [0.15, 0.2) is 0 Å². The first-order valence-corrected chi connectivity index (χ1v) is 7.67. The molecule has 1 amide bonds. The molecule has 1 heterocycles. The molecule has 1 aromatic heterocycles. The second-order valence-electron chi connectivity index (χ2n) is 4.95. The number of pyridine rings is 1. The highest BCUT2D eigenvalue weighted by Gasteiger charge is 2.14. The van der Waals surface area contributed by atoms with Gasteiger partial charge >= 0.3 is 0 Å². The number of hydrogen-bond acceptors (Lipinski definition) is 3. The summed E-state index contributed by atoms with van der Waals surface area (Å²) in [7, 11) is 0. The van der Waals surface area contributed by atoms with E-state index in [1.165, 1.54) is 0 Å². The maximum atomic E-state index is 12.3. The maximum Gasteiger partial charge on any atom is 0.272 e. The quantitative estimate of drug-likeness (QED) is 0.790. The summed E-state index contributed by atoms with van der Waals surface area (Å²) in [5, 5.41) is 3.49. The molecule has 1 N–H and O–H groups in total. The van der Waals surface area contributed by atoms with Crippen LogP contribution >= 0.6 is 0 Å². The first-order valence-electron chi connectivity index (χ1n) is 7.67. The molecule has 1 unspecified atom stereocenters. The van der Waals surface area contributed by atoms with Gasteiger partial charge in [0, 0.05) is 31.0 Å². The number of hydrogen-bond donors (Lipinski definition) is 1. The monoisotopic (exact) mass is 277 g/mol. The van der Waals surface area contributed by atoms with Gasteiger partial charge in [0.2, 0.25) is 0 Å². The van der Waals surface area contributed by atoms with Crippen LogP contribution in [0.25, 0.3) is 0 Å². The molecule has 1 atom stereocenters. The Morgan fingerprint density at radius 2 is 2.00 bits per heavy atom. The third kappa shape index (κ3) is 4.51. The SMILES string of the molecule is CCCC(CC)Nc1ccnc(C(=O)N(CC)CC)c1. The van der Waals surface area contributed by atoms with Gasteiger partial charge in [0.25, 0.3) is 5.91 Å². The maximum absolute atomic E-state index is 12.3. The molecular formula is C16H27N3O. The standard InChI is InChI=1S/C16H27N3O/c1-5-9-13(6-2)18-14-10-11-17-15(12-14)16(20)19(7-3)8-4/h10-13H,5-9H2,1-4H3,(H,17,18). The highest BCUT2D eigenvalue weighted by molar-refractivity contribution is 5.93. The minimum absolute atomic E-state index is 0.00203. The molecule has 4 nitrogen and oxygen atoms in total. The van der Waals surface area contributed by atoms with Crippen molar-refractivity contribution in [3.63, 3.8) is 0 Å². The van der Waals surface area contributed by atoms with Gasteiger partial charge in [-0.05, 0) is 38.8 Å². The van der Waals surface area contributed by atoms with Crippen LogP contribution in [-0.4, -0.2) is 34.9 Å². The van der Waals surface area contributed by atoms with Gasteiger partial charge in [0.1, 0.15) is 5.69 Å². The van der Waals surface area contributed by atoms with Crippen LogP contribution < -0.4 is 5.32 Å². The highest BCUT2D eigenvalue weighted by Crippen LogP contribution is 2.14. The minimum atomic E-state index is 0.00203. The lowest BCUT2D eigenvalue weighted by Gasteiger charge is -2.20. The zero-order valence-corrected chi connectivity index (χ0v) is 13.1. The first-order chi connectivity index (χ1) is 9.65. The topological polar surface area (TPSA) is 45.2 Å². The van der Waals surface area contributed by atoms with Crippen LogP contribution in [0.5, 0.6) is 0 Å². The second kappa shape index (κ2) is 8.56. The van der Waals surface area contributed by atoms with Crippen LogP contribution in [0, 0.1) is 0 Å². The summed E-state index contributed by atoms with van der Waals surface area (Å²) < 4.78 is 0. The van der Waals surface area contributed by atoms with Gasteiger partial charge in [-0.3, -0.25) is 9.78 Å². The number of nitrogens with zero attached hydrogens (tertiary/aromatic N) is 2. The zero-order chi connectivity index (χ0) is 15.0. The van der Waals surface area contributed by atoms with E-state index in [0.29, 0.717) is 24.8 Å². The molecule has 4 heteroatoms. The molecule has 20 heavy (non-hydrogen) atoms. The van der Waals surface area contributed by atoms with E-state index in [2.05, 4.69) is 24.1 Å². The summed E-state index contributed by atoms with van der Waals surface area (Å²) in [4.78, 5) is 18.3. The van der Waals surface area contributed by atoms with E-state index in [-0.39, 0.29) is 5.91 Å². The summed E-state index contributed by atoms with van der Waals surface area (Å²) in [5.41, 5.74) is 1.50. The Morgan fingerprint density at radius 3 is 2.55 bits per heavy atom. The van der Waals surface area contributed by atoms with Gasteiger partial charge in [-0.1, -0.05) is 20.3 Å². The highest BCUT2D eigenvalue weighted by atomic mass is 16.2. The van der Waals surface area contributed by atoms with Crippen molar-refractivity contribution in [1.29, 1.82) is 0 Å². The third-order valence-corrected chi connectivity index (χ3v) is 3.53. The summed E-state index contributed by atoms with van der Waals surface area (Å²) in [6, 6.07) is 4.25. The molecule has 0 spiro atoms. The van der Waals surface area contributed by atoms with E-state index in [9.17, 15) is 4.79 Å². The van der Waals surface area contributed by atoms with Crippen LogP contribution in [0.3, 0.4) is 0 Å². The lowest BCUT2D eigenvalue weighted by Crippen LogP contribution is -2.31. The molecule has 0 saturated carbocycles. The Morgan fingerprint density at radius 1 is 1.30 bits per heavy atom. The molecule has 1 aromatic rings. The molecule has 0 aliphatic heterocycles. The van der Waals surface area contributed by atoms with Crippen molar-refractivity contribution in [2.24, 2.45) is 0 Å². The summed E-state index contributed by atoms with van der Waals surface area (Å²) >= 11 is 0. The van der Waals surface area contributed by atoms with Crippen molar-refractivity contribution in [2.45, 2.75) is 53.0 Å². The number of rotatable bonds is 8. The predicted molar refractivity (Wildman–Crippen MR) is 84.1 cm³/mol. The summed E-state index contributed by atoms with van der Waals surface area (Å²) in [6.45, 7) is 9.75. The van der Waals surface area contributed by atoms with Gasteiger partial charge in [-0.25, -0.2) is 0 Å². The van der Waals surface area contributed by atoms with Gasteiger partial charge < -0.3 is 10.2 Å². The Labute approximate surface area is 122 Å². The van der Waals surface area contributed by atoms with Crippen molar-refractivity contribution >= 4 is 11.6 Å². The summed E-state index contributed by atoms with van der Waals surface area (Å²) in [5.74, 6) is 0.00203. The van der Waals surface area contributed by atoms with Gasteiger partial charge in [0.05, 0.1) is 0 Å². The molecule has 0 bridgehead atoms. The van der Waals surface area contributed by atoms with Crippen LogP contribution in [0.1, 0.15) is 57.4 Å². The number of amides is 1. The predicted octanol–water partition coefficient (Wildman–Crippen LogP) is 3.55. The van der Waals surface area contributed by atoms with E-state index in [4.69, 9.17) is 0 Å². The first kappa shape index (κ1) is 16.5. The fourth-order valence-corrected chi connectivity index (χ4v) is 2.27. The molecular weight excluding hydrogens is 250 g/mol. The average Bonchev–Trinajstić information content (AvgIpc) is 2.48. The fraction of sp³-hybridized carbons (Fsp3) is 0.625. The average molecular weight is 277 g/mol. The lowest BCUT2D eigenvalue weighted by atomic mass is 10.1. The van der Waals surface area contributed by atoms with Gasteiger partial charge in [-0.2, -0.15) is 0 Å². The summed E-state index contributed by atoms with van der Waals surface area (Å²) in [6.07, 6.45) is 5.08. The lowest BCUT2D eigenvalue weighted by molar-refractivity contribution is 0.0767. The smallest absolute Gasteiger partial charge is 0.272 e. The van der Waals surface area contributed by atoms with E-state index in [1.54, 1.807) is 11.1 Å². The molecule has 0 aliphatic carbocycles. The fourth-order valence-electron chi connectivity index (χ4n) is 2.27. The van der Waals surface area contributed by atoms with Crippen LogP contribution in [-0.2, 0) is 0 Å². The largest absolute Gasteiger partial charge is 0.382 e. The number of carbonyl (C=O) groups excluding carboxylic acids is 1. The van der Waals surface area contributed by atoms with Crippen molar-refractivity contribution in [1.82, 2.24) is 9.88 Å². The minimum Gasteiger partial charge on any atom is -0.382 e. The van der Waals surface area contributed by atoms with E-state index >= 15 is 0 Å². The van der Waals surface area contributed by atoms with Crippen LogP contribution in [0.2, 0.25) is 0 Å². The second-order valence-corrected chi connectivity index (χ2v) is 4.95. The van der Waals surface area contributed by atoms with E-state index in [1.807, 2.05) is 26.0 Å². The molecule has 112 valence electrons. The molecule has 0 aliphatic rings. The van der Waals surface area contributed by atoms with Crippen molar-refractivity contribution in [3.8, 4) is 0 Å². The van der Waals surface area contributed by atoms with E-state index in [0.717, 1.165) is 24.9 Å². The van der Waals surface area contributed by atoms with Crippen molar-refractivity contribution < 1.29 is 4.79 Å². The van der Waals surface area contributed by atoms with Gasteiger partial charge in [-0.15, -0.1) is 0 Å².